The highest BCUT2D eigenvalue weighted by atomic mass is 32.2. The number of alkyl halides is 3. The monoisotopic (exact) mass is 546 g/mol. The molecule has 2 aliphatic rings. The van der Waals surface area contributed by atoms with Crippen molar-refractivity contribution in [2.75, 3.05) is 13.1 Å². The number of pyridine rings is 1. The molecule has 7 nitrogen and oxygen atoms in total. The maximum Gasteiger partial charge on any atom is 0.416 e. The van der Waals surface area contributed by atoms with Crippen LogP contribution in [0.1, 0.15) is 54.8 Å². The van der Waals surface area contributed by atoms with Crippen LogP contribution < -0.4 is 4.74 Å². The summed E-state index contributed by atoms with van der Waals surface area (Å²) in [5.74, 6) is 0.0799. The molecule has 202 valence electrons. The molecule has 0 bridgehead atoms. The molecule has 0 radical (unpaired) electrons. The van der Waals surface area contributed by atoms with Crippen LogP contribution in [0.5, 0.6) is 5.88 Å². The lowest BCUT2D eigenvalue weighted by atomic mass is 9.79. The van der Waals surface area contributed by atoms with Crippen molar-refractivity contribution in [3.63, 3.8) is 0 Å². The largest absolute Gasteiger partial charge is 0.473 e. The summed E-state index contributed by atoms with van der Waals surface area (Å²) < 4.78 is 71.7. The van der Waals surface area contributed by atoms with Crippen molar-refractivity contribution in [3.8, 4) is 5.88 Å². The van der Waals surface area contributed by atoms with Crippen LogP contribution >= 0.6 is 0 Å². The van der Waals surface area contributed by atoms with Crippen molar-refractivity contribution in [1.29, 1.82) is 0 Å². The number of hydrogen-bond donors (Lipinski definition) is 0. The molecule has 0 amide bonds. The van der Waals surface area contributed by atoms with Crippen molar-refractivity contribution in [3.05, 3.63) is 78.0 Å². The molecule has 0 unspecified atom stereocenters. The van der Waals surface area contributed by atoms with Crippen molar-refractivity contribution in [2.45, 2.75) is 67.0 Å². The number of ether oxygens (including phenoxy) is 1. The Hall–Kier alpha value is -3.05. The molecule has 3 atom stereocenters. The Morgan fingerprint density at radius 3 is 2.53 bits per heavy atom. The predicted octanol–water partition coefficient (Wildman–Crippen LogP) is 5.04. The van der Waals surface area contributed by atoms with Crippen LogP contribution in [-0.4, -0.2) is 53.5 Å². The van der Waals surface area contributed by atoms with E-state index < -0.39 is 21.6 Å². The smallest absolute Gasteiger partial charge is 0.416 e. The van der Waals surface area contributed by atoms with Crippen LogP contribution in [0.3, 0.4) is 0 Å². The van der Waals surface area contributed by atoms with Gasteiger partial charge in [0.1, 0.15) is 12.4 Å². The van der Waals surface area contributed by atoms with Gasteiger partial charge < -0.3 is 4.74 Å². The van der Waals surface area contributed by atoms with E-state index in [1.165, 1.54) is 36.9 Å². The molecular formula is C27H29F3N4O3S. The van der Waals surface area contributed by atoms with Crippen LogP contribution in [-0.2, 0) is 21.8 Å². The molecule has 3 heterocycles. The summed E-state index contributed by atoms with van der Waals surface area (Å²) in [7, 11) is -3.64. The first-order chi connectivity index (χ1) is 18.2. The fraction of sp³-hybridized carbons (Fsp3) is 0.444. The van der Waals surface area contributed by atoms with E-state index in [4.69, 9.17) is 4.74 Å². The van der Waals surface area contributed by atoms with E-state index in [-0.39, 0.29) is 28.7 Å². The van der Waals surface area contributed by atoms with Crippen LogP contribution in [0.4, 0.5) is 13.2 Å². The number of rotatable bonds is 7. The summed E-state index contributed by atoms with van der Waals surface area (Å²) in [4.78, 5) is 14.5. The molecule has 11 heteroatoms. The van der Waals surface area contributed by atoms with Gasteiger partial charge in [-0.15, -0.1) is 0 Å². The van der Waals surface area contributed by atoms with E-state index in [1.807, 2.05) is 0 Å². The summed E-state index contributed by atoms with van der Waals surface area (Å²) in [5, 5.41) is 0. The Labute approximate surface area is 220 Å². The van der Waals surface area contributed by atoms with Crippen molar-refractivity contribution >= 4 is 9.84 Å². The van der Waals surface area contributed by atoms with Crippen LogP contribution in [0, 0.1) is 0 Å². The summed E-state index contributed by atoms with van der Waals surface area (Å²) in [6, 6.07) is 10.3. The minimum atomic E-state index is -4.37. The van der Waals surface area contributed by atoms with Gasteiger partial charge in [0, 0.05) is 24.5 Å². The van der Waals surface area contributed by atoms with Gasteiger partial charge in [0.2, 0.25) is 5.88 Å². The second kappa shape index (κ2) is 11.0. The number of nitrogens with zero attached hydrogens (tertiary/aromatic N) is 4. The fourth-order valence-electron chi connectivity index (χ4n) is 5.44. The van der Waals surface area contributed by atoms with Crippen LogP contribution in [0.15, 0.2) is 66.1 Å². The molecule has 1 aliphatic heterocycles. The molecule has 0 N–H and O–H groups in total. The zero-order chi connectivity index (χ0) is 26.8. The third-order valence-electron chi connectivity index (χ3n) is 7.37. The Morgan fingerprint density at radius 1 is 1.03 bits per heavy atom. The molecule has 2 fully saturated rings. The average Bonchev–Trinajstić information content (AvgIpc) is 3.44. The van der Waals surface area contributed by atoms with Gasteiger partial charge in [0.15, 0.2) is 9.84 Å². The number of sulfone groups is 1. The van der Waals surface area contributed by atoms with Crippen molar-refractivity contribution in [2.24, 2.45) is 0 Å². The van der Waals surface area contributed by atoms with E-state index in [9.17, 15) is 21.6 Å². The first-order valence-corrected chi connectivity index (χ1v) is 14.4. The Balaban J connectivity index is 1.30. The maximum atomic E-state index is 13.3. The molecule has 1 aliphatic carbocycles. The second-order valence-electron chi connectivity index (χ2n) is 9.89. The van der Waals surface area contributed by atoms with E-state index in [0.717, 1.165) is 32.0 Å². The maximum absolute atomic E-state index is 13.3. The first kappa shape index (κ1) is 26.6. The van der Waals surface area contributed by atoms with Gasteiger partial charge in [0.05, 0.1) is 21.9 Å². The molecule has 5 rings (SSSR count). The number of hydrogen-bond acceptors (Lipinski definition) is 7. The first-order valence-electron chi connectivity index (χ1n) is 12.7. The molecule has 2 aromatic heterocycles. The predicted molar refractivity (Wildman–Crippen MR) is 134 cm³/mol. The van der Waals surface area contributed by atoms with E-state index in [0.29, 0.717) is 36.4 Å². The quantitative estimate of drug-likeness (QED) is 0.410. The normalized spacial score (nSPS) is 22.9. The lowest BCUT2D eigenvalue weighted by Gasteiger charge is -2.41. The van der Waals surface area contributed by atoms with Crippen molar-refractivity contribution < 1.29 is 26.3 Å². The Bertz CT molecular complexity index is 1330. The lowest BCUT2D eigenvalue weighted by Crippen LogP contribution is -2.48. The minimum Gasteiger partial charge on any atom is -0.473 e. The highest BCUT2D eigenvalue weighted by Gasteiger charge is 2.38. The van der Waals surface area contributed by atoms with Crippen molar-refractivity contribution in [1.82, 2.24) is 19.9 Å². The second-order valence-corrected chi connectivity index (χ2v) is 11.9. The summed E-state index contributed by atoms with van der Waals surface area (Å²) in [6.07, 6.45) is 3.74. The van der Waals surface area contributed by atoms with Gasteiger partial charge in [-0.1, -0.05) is 18.2 Å². The number of benzene rings is 1. The van der Waals surface area contributed by atoms with Gasteiger partial charge >= 0.3 is 6.18 Å². The van der Waals surface area contributed by atoms with E-state index in [2.05, 4.69) is 19.9 Å². The Kier molecular flexibility index (Phi) is 7.67. The van der Waals surface area contributed by atoms with E-state index >= 15 is 0 Å². The van der Waals surface area contributed by atoms with Crippen LogP contribution in [0.2, 0.25) is 0 Å². The highest BCUT2D eigenvalue weighted by molar-refractivity contribution is 7.90. The summed E-state index contributed by atoms with van der Waals surface area (Å²) >= 11 is 0. The van der Waals surface area contributed by atoms with Crippen LogP contribution in [0.25, 0.3) is 0 Å². The zero-order valence-electron chi connectivity index (χ0n) is 20.7. The third kappa shape index (κ3) is 6.15. The molecule has 1 aromatic carbocycles. The Morgan fingerprint density at radius 2 is 1.84 bits per heavy atom. The minimum absolute atomic E-state index is 0.00465. The standard InChI is InChI=1S/C27H29F3N4O3S/c28-27(29,30)21-5-3-4-19(14-21)20-6-8-25(24(15-20)34-12-1-2-13-34)37-26-9-7-23(16-32-26)38(35,36)17-22-10-11-31-18-33-22/h3-5,7,9-11,14,16,18,20,24-25H,1-2,6,8,12-13,15,17H2/t20-,24-,25-/m0/s1. The average molecular weight is 547 g/mol. The number of likely N-dealkylation sites (tertiary alicyclic amines) is 1. The lowest BCUT2D eigenvalue weighted by molar-refractivity contribution is -0.137. The summed E-state index contributed by atoms with van der Waals surface area (Å²) in [6.45, 7) is 1.85. The molecule has 38 heavy (non-hydrogen) atoms. The van der Waals surface area contributed by atoms with Gasteiger partial charge in [-0.05, 0) is 74.9 Å². The molecule has 1 saturated heterocycles. The number of halogens is 3. The zero-order valence-corrected chi connectivity index (χ0v) is 21.5. The third-order valence-corrected chi connectivity index (χ3v) is 9.01. The molecule has 0 spiro atoms. The van der Waals surface area contributed by atoms with Gasteiger partial charge in [-0.3, -0.25) is 4.90 Å². The van der Waals surface area contributed by atoms with E-state index in [1.54, 1.807) is 18.2 Å². The highest BCUT2D eigenvalue weighted by Crippen LogP contribution is 2.39. The molecular weight excluding hydrogens is 517 g/mol. The topological polar surface area (TPSA) is 85.3 Å². The van der Waals surface area contributed by atoms with Gasteiger partial charge in [-0.25, -0.2) is 23.4 Å². The molecule has 3 aromatic rings. The fourth-order valence-corrected chi connectivity index (χ4v) is 6.66. The van der Waals surface area contributed by atoms with Gasteiger partial charge in [-0.2, -0.15) is 13.2 Å². The number of aromatic nitrogens is 3. The van der Waals surface area contributed by atoms with Gasteiger partial charge in [0.25, 0.3) is 0 Å². The molecule has 1 saturated carbocycles. The summed E-state index contributed by atoms with van der Waals surface area (Å²) in [5.41, 5.74) is 0.482. The SMILES string of the molecule is O=S(=O)(Cc1ccncn1)c1ccc(O[C@H]2CC[C@H](c3cccc(C(F)(F)F)c3)C[C@@H]2N2CCCC2)nc1.